The first-order valence-corrected chi connectivity index (χ1v) is 6.62. The lowest BCUT2D eigenvalue weighted by molar-refractivity contribution is -0.0862. The fourth-order valence-corrected chi connectivity index (χ4v) is 4.15. The van der Waals surface area contributed by atoms with Crippen molar-refractivity contribution in [1.29, 1.82) is 0 Å². The first-order chi connectivity index (χ1) is 7.22. The third-order valence-corrected chi connectivity index (χ3v) is 4.62. The van der Waals surface area contributed by atoms with Crippen LogP contribution < -0.4 is 0 Å². The Labute approximate surface area is 93.0 Å². The van der Waals surface area contributed by atoms with Crippen LogP contribution in [-0.4, -0.2) is 36.2 Å². The maximum Gasteiger partial charge on any atom is 0.0678 e. The molecule has 2 bridgehead atoms. The molecular formula is C13H23NO. The van der Waals surface area contributed by atoms with Crippen LogP contribution in [0.2, 0.25) is 0 Å². The van der Waals surface area contributed by atoms with E-state index in [9.17, 15) is 0 Å². The predicted octanol–water partition coefficient (Wildman–Crippen LogP) is 2.28. The number of rotatable bonds is 1. The van der Waals surface area contributed by atoms with Crippen molar-refractivity contribution in [3.8, 4) is 0 Å². The molecule has 2 aliphatic carbocycles. The minimum absolute atomic E-state index is 0.438. The van der Waals surface area contributed by atoms with E-state index in [2.05, 4.69) is 18.7 Å². The number of morpholine rings is 1. The summed E-state index contributed by atoms with van der Waals surface area (Å²) in [5.41, 5.74) is 0. The Bertz CT molecular complexity index is 233. The van der Waals surface area contributed by atoms with Crippen molar-refractivity contribution < 1.29 is 4.74 Å². The molecule has 3 rings (SSSR count). The monoisotopic (exact) mass is 209 g/mol. The summed E-state index contributed by atoms with van der Waals surface area (Å²) in [7, 11) is 0. The molecule has 0 aromatic carbocycles. The lowest BCUT2D eigenvalue weighted by Gasteiger charge is -2.41. The predicted molar refractivity (Wildman–Crippen MR) is 60.8 cm³/mol. The van der Waals surface area contributed by atoms with Crippen molar-refractivity contribution >= 4 is 0 Å². The zero-order chi connectivity index (χ0) is 10.4. The third kappa shape index (κ3) is 1.83. The van der Waals surface area contributed by atoms with Gasteiger partial charge < -0.3 is 4.74 Å². The molecule has 0 aromatic rings. The molecule has 0 spiro atoms. The van der Waals surface area contributed by atoms with Crippen LogP contribution in [0.1, 0.15) is 39.5 Å². The van der Waals surface area contributed by atoms with Crippen LogP contribution in [-0.2, 0) is 4.74 Å². The molecule has 2 heteroatoms. The van der Waals surface area contributed by atoms with E-state index in [1.54, 1.807) is 0 Å². The van der Waals surface area contributed by atoms with Gasteiger partial charge in [-0.25, -0.2) is 0 Å². The molecule has 86 valence electrons. The summed E-state index contributed by atoms with van der Waals surface area (Å²) in [6, 6.07) is 0.901. The summed E-state index contributed by atoms with van der Waals surface area (Å²) >= 11 is 0. The maximum atomic E-state index is 5.81. The van der Waals surface area contributed by atoms with Gasteiger partial charge in [-0.1, -0.05) is 6.42 Å². The highest BCUT2D eigenvalue weighted by atomic mass is 16.5. The standard InChI is InChI=1S/C13H23NO/c1-9-7-14(8-10(2)15-9)13-6-11-3-4-12(13)5-11/h9-13H,3-8H2,1-2H3/t9-,10+,11-,12-,13-/m0/s1. The fourth-order valence-electron chi connectivity index (χ4n) is 4.15. The first kappa shape index (κ1) is 10.1. The van der Waals surface area contributed by atoms with Crippen molar-refractivity contribution in [2.75, 3.05) is 13.1 Å². The highest BCUT2D eigenvalue weighted by Gasteiger charge is 2.43. The molecule has 3 fully saturated rings. The van der Waals surface area contributed by atoms with E-state index in [0.717, 1.165) is 31.0 Å². The maximum absolute atomic E-state index is 5.81. The average molecular weight is 209 g/mol. The Kier molecular flexibility index (Phi) is 2.52. The highest BCUT2D eigenvalue weighted by molar-refractivity contribution is 4.96. The Balaban J connectivity index is 1.66. The fraction of sp³-hybridized carbons (Fsp3) is 1.00. The summed E-state index contributed by atoms with van der Waals surface area (Å²) in [6.45, 7) is 6.77. The van der Waals surface area contributed by atoms with E-state index in [1.807, 2.05) is 0 Å². The van der Waals surface area contributed by atoms with Gasteiger partial charge in [-0.05, 0) is 44.9 Å². The van der Waals surface area contributed by atoms with Crippen LogP contribution in [0, 0.1) is 11.8 Å². The van der Waals surface area contributed by atoms with Gasteiger partial charge >= 0.3 is 0 Å². The summed E-state index contributed by atoms with van der Waals surface area (Å²) in [5, 5.41) is 0. The van der Waals surface area contributed by atoms with Gasteiger partial charge in [-0.3, -0.25) is 4.90 Å². The second-order valence-corrected chi connectivity index (χ2v) is 5.95. The molecule has 0 radical (unpaired) electrons. The Morgan fingerprint density at radius 1 is 1.00 bits per heavy atom. The molecule has 1 aliphatic heterocycles. The van der Waals surface area contributed by atoms with E-state index in [4.69, 9.17) is 4.74 Å². The van der Waals surface area contributed by atoms with Crippen LogP contribution in [0.4, 0.5) is 0 Å². The number of hydrogen-bond acceptors (Lipinski definition) is 2. The van der Waals surface area contributed by atoms with Gasteiger partial charge in [0.15, 0.2) is 0 Å². The summed E-state index contributed by atoms with van der Waals surface area (Å²) in [4.78, 5) is 2.72. The first-order valence-electron chi connectivity index (χ1n) is 6.62. The van der Waals surface area contributed by atoms with E-state index >= 15 is 0 Å². The quantitative estimate of drug-likeness (QED) is 0.657. The zero-order valence-corrected chi connectivity index (χ0v) is 9.98. The molecule has 3 aliphatic rings. The van der Waals surface area contributed by atoms with E-state index < -0.39 is 0 Å². The molecule has 1 saturated heterocycles. The van der Waals surface area contributed by atoms with E-state index in [-0.39, 0.29) is 0 Å². The van der Waals surface area contributed by atoms with Crippen LogP contribution in [0.3, 0.4) is 0 Å². The molecule has 5 atom stereocenters. The van der Waals surface area contributed by atoms with Crippen LogP contribution in [0.5, 0.6) is 0 Å². The summed E-state index contributed by atoms with van der Waals surface area (Å²) < 4.78 is 5.81. The van der Waals surface area contributed by atoms with E-state index in [0.29, 0.717) is 12.2 Å². The molecule has 0 unspecified atom stereocenters. The van der Waals surface area contributed by atoms with Crippen molar-refractivity contribution in [3.05, 3.63) is 0 Å². The van der Waals surface area contributed by atoms with E-state index in [1.165, 1.54) is 25.7 Å². The number of nitrogens with zero attached hydrogens (tertiary/aromatic N) is 1. The Morgan fingerprint density at radius 2 is 1.73 bits per heavy atom. The van der Waals surface area contributed by atoms with Gasteiger partial charge in [0.25, 0.3) is 0 Å². The number of fused-ring (bicyclic) bond motifs is 2. The van der Waals surface area contributed by atoms with Crippen LogP contribution >= 0.6 is 0 Å². The minimum Gasteiger partial charge on any atom is -0.373 e. The van der Waals surface area contributed by atoms with Crippen molar-refractivity contribution in [2.24, 2.45) is 11.8 Å². The van der Waals surface area contributed by atoms with Crippen LogP contribution in [0.25, 0.3) is 0 Å². The van der Waals surface area contributed by atoms with Gasteiger partial charge in [0.05, 0.1) is 12.2 Å². The molecular weight excluding hydrogens is 186 g/mol. The third-order valence-electron chi connectivity index (χ3n) is 4.62. The largest absolute Gasteiger partial charge is 0.373 e. The lowest BCUT2D eigenvalue weighted by atomic mass is 9.93. The second-order valence-electron chi connectivity index (χ2n) is 5.95. The van der Waals surface area contributed by atoms with Gasteiger partial charge in [0, 0.05) is 19.1 Å². The van der Waals surface area contributed by atoms with Gasteiger partial charge in [-0.2, -0.15) is 0 Å². The minimum atomic E-state index is 0.438. The Morgan fingerprint density at radius 3 is 2.27 bits per heavy atom. The molecule has 0 amide bonds. The van der Waals surface area contributed by atoms with Gasteiger partial charge in [0.2, 0.25) is 0 Å². The molecule has 2 nitrogen and oxygen atoms in total. The lowest BCUT2D eigenvalue weighted by Crippen LogP contribution is -2.51. The van der Waals surface area contributed by atoms with Crippen molar-refractivity contribution in [1.82, 2.24) is 4.90 Å². The molecule has 2 saturated carbocycles. The second kappa shape index (κ2) is 3.74. The topological polar surface area (TPSA) is 12.5 Å². The highest BCUT2D eigenvalue weighted by Crippen LogP contribution is 2.47. The smallest absolute Gasteiger partial charge is 0.0678 e. The van der Waals surface area contributed by atoms with Crippen molar-refractivity contribution in [2.45, 2.75) is 57.8 Å². The molecule has 15 heavy (non-hydrogen) atoms. The number of ether oxygens (including phenoxy) is 1. The van der Waals surface area contributed by atoms with Crippen LogP contribution in [0.15, 0.2) is 0 Å². The molecule has 0 aromatic heterocycles. The van der Waals surface area contributed by atoms with Gasteiger partial charge in [-0.15, -0.1) is 0 Å². The Hall–Kier alpha value is -0.0800. The summed E-state index contributed by atoms with van der Waals surface area (Å²) in [5.74, 6) is 2.08. The average Bonchev–Trinajstić information content (AvgIpc) is 2.76. The molecule has 0 N–H and O–H groups in total. The normalized spacial score (nSPS) is 51.2. The summed E-state index contributed by atoms with van der Waals surface area (Å²) in [6.07, 6.45) is 6.88. The van der Waals surface area contributed by atoms with Crippen molar-refractivity contribution in [3.63, 3.8) is 0 Å². The van der Waals surface area contributed by atoms with Gasteiger partial charge in [0.1, 0.15) is 0 Å². The SMILES string of the molecule is C[C@@H]1CN([C@H]2C[C@H]3CC[C@H]2C3)C[C@H](C)O1. The zero-order valence-electron chi connectivity index (χ0n) is 9.98. The molecule has 1 heterocycles. The number of hydrogen-bond donors (Lipinski definition) is 0.